The van der Waals surface area contributed by atoms with Crippen LogP contribution in [0.25, 0.3) is 133 Å². The largest absolute Gasteiger partial charge is 0.452 e. The van der Waals surface area contributed by atoms with Crippen LogP contribution in [0.5, 0.6) is 0 Å². The van der Waals surface area contributed by atoms with Gasteiger partial charge in [0.2, 0.25) is 0 Å². The topological polar surface area (TPSA) is 61.7 Å². The maximum atomic E-state index is 7.50. The average Bonchev–Trinajstić information content (AvgIpc) is 4.10. The highest BCUT2D eigenvalue weighted by atomic mass is 16.3. The van der Waals surface area contributed by atoms with E-state index >= 15 is 0 Å². The number of aromatic nitrogens is 5. The van der Waals surface area contributed by atoms with Crippen molar-refractivity contribution in [2.45, 2.75) is 0 Å². The Morgan fingerprint density at radius 3 is 1.33 bits per heavy atom. The van der Waals surface area contributed by atoms with Crippen molar-refractivity contribution in [1.29, 1.82) is 0 Å². The summed E-state index contributed by atoms with van der Waals surface area (Å²) in [5.74, 6) is 1.84. The second kappa shape index (κ2) is 15.6. The zero-order valence-corrected chi connectivity index (χ0v) is 37.2. The van der Waals surface area contributed by atoms with Gasteiger partial charge in [0.15, 0.2) is 28.6 Å². The summed E-state index contributed by atoms with van der Waals surface area (Å²) in [7, 11) is 0. The van der Waals surface area contributed by atoms with Crippen LogP contribution in [0.2, 0.25) is 0 Å². The van der Waals surface area contributed by atoms with E-state index < -0.39 is 0 Å². The Bertz CT molecular complexity index is 4190. The molecule has 6 nitrogen and oxygen atoms in total. The molecule has 14 rings (SSSR count). The summed E-state index contributed by atoms with van der Waals surface area (Å²) in [6.07, 6.45) is 0. The van der Waals surface area contributed by atoms with E-state index in [0.717, 1.165) is 88.8 Å². The average molecular weight is 882 g/mol. The molecule has 0 saturated heterocycles. The van der Waals surface area contributed by atoms with Crippen molar-refractivity contribution in [3.05, 3.63) is 237 Å². The molecule has 0 aliphatic rings. The molecular weight excluding hydrogens is 843 g/mol. The number of furan rings is 1. The van der Waals surface area contributed by atoms with Gasteiger partial charge in [0.1, 0.15) is 0 Å². The summed E-state index contributed by atoms with van der Waals surface area (Å²) in [4.78, 5) is 15.2. The number of benzene rings is 10. The van der Waals surface area contributed by atoms with Gasteiger partial charge in [-0.15, -0.1) is 0 Å². The monoisotopic (exact) mass is 881 g/mol. The van der Waals surface area contributed by atoms with E-state index in [1.54, 1.807) is 0 Å². The number of hydrogen-bond donors (Lipinski definition) is 0. The molecule has 0 unspecified atom stereocenters. The lowest BCUT2D eigenvalue weighted by Gasteiger charge is -2.13. The summed E-state index contributed by atoms with van der Waals surface area (Å²) in [6, 6.07) is 83.3. The van der Waals surface area contributed by atoms with Crippen molar-refractivity contribution >= 4 is 65.6 Å². The van der Waals surface area contributed by atoms with Crippen LogP contribution in [-0.2, 0) is 0 Å². The van der Waals surface area contributed by atoms with Crippen LogP contribution < -0.4 is 0 Å². The predicted molar refractivity (Wildman–Crippen MR) is 283 cm³/mol. The molecule has 0 fully saturated rings. The van der Waals surface area contributed by atoms with E-state index in [2.05, 4.69) is 185 Å². The predicted octanol–water partition coefficient (Wildman–Crippen LogP) is 16.3. The number of nitrogens with zero attached hydrogens (tertiary/aromatic N) is 5. The van der Waals surface area contributed by atoms with Crippen molar-refractivity contribution in [3.63, 3.8) is 0 Å². The maximum Gasteiger partial charge on any atom is 0.164 e. The quantitative estimate of drug-likeness (QED) is 0.160. The molecule has 0 radical (unpaired) electrons. The molecule has 0 N–H and O–H groups in total. The van der Waals surface area contributed by atoms with Gasteiger partial charge in [-0.1, -0.05) is 194 Å². The van der Waals surface area contributed by atoms with Crippen LogP contribution in [0.4, 0.5) is 0 Å². The van der Waals surface area contributed by atoms with E-state index in [1.807, 2.05) is 60.7 Å². The van der Waals surface area contributed by atoms with Gasteiger partial charge in [-0.2, -0.15) is 0 Å². The molecule has 4 aromatic heterocycles. The third kappa shape index (κ3) is 6.23. The van der Waals surface area contributed by atoms with Gasteiger partial charge in [0.05, 0.1) is 33.4 Å². The van der Waals surface area contributed by atoms with Crippen molar-refractivity contribution in [1.82, 2.24) is 24.1 Å². The molecule has 10 aromatic carbocycles. The Labute approximate surface area is 396 Å². The second-order valence-corrected chi connectivity index (χ2v) is 17.5. The highest BCUT2D eigenvalue weighted by Gasteiger charge is 2.24. The van der Waals surface area contributed by atoms with Gasteiger partial charge in [0, 0.05) is 49.0 Å². The standard InChI is InChI=1S/C63H39N5O/c1-4-18-40(19-5-1)43-34-35-50-49-28-12-15-32-54(49)68(57(50)39-43)55-33-17-29-51-58-46(36-37-56(60(58)69-59(51)55)67-52-30-13-10-26-47(52)48-27-11-14-31-53(48)67)44-24-16-25-45(38-44)63-65-61(41-20-6-2-7-21-41)64-62(66-63)42-22-8-3-9-23-42/h1-39H. The van der Waals surface area contributed by atoms with Crippen molar-refractivity contribution in [3.8, 4) is 67.8 Å². The highest BCUT2D eigenvalue weighted by Crippen LogP contribution is 2.46. The van der Waals surface area contributed by atoms with Crippen molar-refractivity contribution < 1.29 is 4.42 Å². The zero-order valence-electron chi connectivity index (χ0n) is 37.2. The van der Waals surface area contributed by atoms with Gasteiger partial charge in [0.25, 0.3) is 0 Å². The van der Waals surface area contributed by atoms with Crippen molar-refractivity contribution in [2.24, 2.45) is 0 Å². The number of hydrogen-bond acceptors (Lipinski definition) is 4. The van der Waals surface area contributed by atoms with Gasteiger partial charge in [-0.05, 0) is 64.7 Å². The zero-order chi connectivity index (χ0) is 45.4. The van der Waals surface area contributed by atoms with Gasteiger partial charge >= 0.3 is 0 Å². The van der Waals surface area contributed by atoms with Gasteiger partial charge in [-0.3, -0.25) is 0 Å². The molecule has 14 aromatic rings. The molecular formula is C63H39N5O. The van der Waals surface area contributed by atoms with Crippen LogP contribution >= 0.6 is 0 Å². The molecule has 0 aliphatic heterocycles. The van der Waals surface area contributed by atoms with Crippen LogP contribution in [0.15, 0.2) is 241 Å². The van der Waals surface area contributed by atoms with Crippen LogP contribution in [0.3, 0.4) is 0 Å². The number of para-hydroxylation sites is 4. The van der Waals surface area contributed by atoms with E-state index in [0.29, 0.717) is 17.5 Å². The Morgan fingerprint density at radius 1 is 0.275 bits per heavy atom. The highest BCUT2D eigenvalue weighted by molar-refractivity contribution is 6.19. The minimum Gasteiger partial charge on any atom is -0.452 e. The number of rotatable bonds is 7. The first kappa shape index (κ1) is 38.8. The van der Waals surface area contributed by atoms with Crippen LogP contribution in [-0.4, -0.2) is 24.1 Å². The first-order chi connectivity index (χ1) is 34.2. The lowest BCUT2D eigenvalue weighted by atomic mass is 9.96. The third-order valence-corrected chi connectivity index (χ3v) is 13.6. The van der Waals surface area contributed by atoms with Crippen LogP contribution in [0, 0.1) is 0 Å². The smallest absolute Gasteiger partial charge is 0.164 e. The molecule has 69 heavy (non-hydrogen) atoms. The van der Waals surface area contributed by atoms with E-state index in [9.17, 15) is 0 Å². The first-order valence-corrected chi connectivity index (χ1v) is 23.3. The molecule has 0 saturated carbocycles. The SMILES string of the molecule is c1ccc(-c2ccc3c4ccccc4n(-c4cccc5c4oc4c(-n6c7ccccc7c7ccccc76)ccc(-c6cccc(-c7nc(-c8ccccc8)nc(-c8ccccc8)n7)c6)c45)c3c2)cc1. The fourth-order valence-electron chi connectivity index (χ4n) is 10.5. The summed E-state index contributed by atoms with van der Waals surface area (Å²) in [5, 5.41) is 6.81. The molecule has 0 atom stereocenters. The van der Waals surface area contributed by atoms with E-state index in [-0.39, 0.29) is 0 Å². The summed E-state index contributed by atoms with van der Waals surface area (Å²) >= 11 is 0. The van der Waals surface area contributed by atoms with Gasteiger partial charge in [-0.25, -0.2) is 15.0 Å². The second-order valence-electron chi connectivity index (χ2n) is 17.5. The Morgan fingerprint density at radius 2 is 0.725 bits per heavy atom. The molecule has 0 bridgehead atoms. The normalized spacial score (nSPS) is 11.8. The molecule has 0 spiro atoms. The van der Waals surface area contributed by atoms with E-state index in [1.165, 1.54) is 27.1 Å². The molecule has 322 valence electrons. The first-order valence-electron chi connectivity index (χ1n) is 23.3. The fraction of sp³-hybridized carbons (Fsp3) is 0. The minimum atomic E-state index is 0.600. The Kier molecular flexibility index (Phi) is 8.79. The fourth-order valence-corrected chi connectivity index (χ4v) is 10.5. The summed E-state index contributed by atoms with van der Waals surface area (Å²) in [6.45, 7) is 0. The van der Waals surface area contributed by atoms with Crippen LogP contribution in [0.1, 0.15) is 0 Å². The molecule has 6 heteroatoms. The molecule has 0 amide bonds. The number of fused-ring (bicyclic) bond motifs is 9. The Hall–Kier alpha value is -9.39. The summed E-state index contributed by atoms with van der Waals surface area (Å²) in [5.41, 5.74) is 15.1. The molecule has 4 heterocycles. The van der Waals surface area contributed by atoms with Gasteiger partial charge < -0.3 is 13.6 Å². The lowest BCUT2D eigenvalue weighted by Crippen LogP contribution is -2.00. The minimum absolute atomic E-state index is 0.600. The summed E-state index contributed by atoms with van der Waals surface area (Å²) < 4.78 is 12.3. The molecule has 0 aliphatic carbocycles. The van der Waals surface area contributed by atoms with E-state index in [4.69, 9.17) is 19.4 Å². The Balaban J connectivity index is 1.04. The maximum absolute atomic E-state index is 7.50. The third-order valence-electron chi connectivity index (χ3n) is 13.6. The van der Waals surface area contributed by atoms with Crippen molar-refractivity contribution in [2.75, 3.05) is 0 Å². The lowest BCUT2D eigenvalue weighted by molar-refractivity contribution is 0.664.